The van der Waals surface area contributed by atoms with Crippen LogP contribution < -0.4 is 10.1 Å². The molecule has 0 aromatic heterocycles. The minimum absolute atomic E-state index is 0.0688. The van der Waals surface area contributed by atoms with Crippen molar-refractivity contribution in [1.82, 2.24) is 4.90 Å². The van der Waals surface area contributed by atoms with Gasteiger partial charge in [0.15, 0.2) is 0 Å². The molecule has 2 N–H and O–H groups in total. The molecule has 2 unspecified atom stereocenters. The van der Waals surface area contributed by atoms with Crippen LogP contribution in [0.3, 0.4) is 0 Å². The van der Waals surface area contributed by atoms with E-state index in [2.05, 4.69) is 23.2 Å². The number of ether oxygens (including phenoxy) is 2. The number of hydrogen-bond donors (Lipinski definition) is 2. The first kappa shape index (κ1) is 31.2. The summed E-state index contributed by atoms with van der Waals surface area (Å²) in [7, 11) is 0. The molecule has 3 aromatic carbocycles. The third-order valence-corrected chi connectivity index (χ3v) is 8.50. The van der Waals surface area contributed by atoms with Crippen LogP contribution in [0.15, 0.2) is 60.7 Å². The molecule has 228 valence electrons. The summed E-state index contributed by atoms with van der Waals surface area (Å²) in [5.74, 6) is 0.402. The van der Waals surface area contributed by atoms with Gasteiger partial charge in [0.25, 0.3) is 0 Å². The number of hydrogen-bond acceptors (Lipinski definition) is 5. The van der Waals surface area contributed by atoms with Gasteiger partial charge in [-0.15, -0.1) is 0 Å². The van der Waals surface area contributed by atoms with Crippen LogP contribution in [0.5, 0.6) is 5.75 Å². The lowest BCUT2D eigenvalue weighted by Gasteiger charge is -2.25. The van der Waals surface area contributed by atoms with E-state index in [0.717, 1.165) is 96.8 Å². The lowest BCUT2D eigenvalue weighted by atomic mass is 9.87. The summed E-state index contributed by atoms with van der Waals surface area (Å²) in [5.41, 5.74) is 6.21. The molecular weight excluding hydrogens is 568 g/mol. The van der Waals surface area contributed by atoms with Gasteiger partial charge in [-0.1, -0.05) is 42.8 Å². The second-order valence-electron chi connectivity index (χ2n) is 11.2. The highest BCUT2D eigenvalue weighted by atomic mass is 35.5. The van der Waals surface area contributed by atoms with Crippen LogP contribution in [0.4, 0.5) is 14.5 Å². The van der Waals surface area contributed by atoms with Gasteiger partial charge in [0, 0.05) is 43.7 Å². The number of alkyl halides is 1. The molecular formula is C35H40ClF2N3O2. The fourth-order valence-corrected chi connectivity index (χ4v) is 6.30. The maximum atomic E-state index is 14.0. The summed E-state index contributed by atoms with van der Waals surface area (Å²) in [6.45, 7) is 4.98. The van der Waals surface area contributed by atoms with E-state index < -0.39 is 0 Å². The van der Waals surface area contributed by atoms with Crippen LogP contribution in [0.25, 0.3) is 11.1 Å². The van der Waals surface area contributed by atoms with Crippen LogP contribution in [0, 0.1) is 11.2 Å². The number of nitrogens with one attached hydrogen (secondary N) is 2. The predicted molar refractivity (Wildman–Crippen MR) is 172 cm³/mol. The zero-order valence-electron chi connectivity index (χ0n) is 24.7. The number of allylic oxidation sites excluding steroid dienone is 1. The van der Waals surface area contributed by atoms with Crippen LogP contribution in [-0.4, -0.2) is 56.4 Å². The van der Waals surface area contributed by atoms with E-state index in [0.29, 0.717) is 17.9 Å². The van der Waals surface area contributed by atoms with Gasteiger partial charge >= 0.3 is 0 Å². The Balaban J connectivity index is 1.49. The van der Waals surface area contributed by atoms with E-state index in [4.69, 9.17) is 26.5 Å². The summed E-state index contributed by atoms with van der Waals surface area (Å²) in [6, 6.07) is 18.6. The molecule has 2 atom stereocenters. The minimum atomic E-state index is -0.381. The van der Waals surface area contributed by atoms with Crippen molar-refractivity contribution in [3.05, 3.63) is 93.8 Å². The maximum Gasteiger partial charge on any atom is 0.127 e. The second kappa shape index (κ2) is 15.0. The smallest absolute Gasteiger partial charge is 0.127 e. The van der Waals surface area contributed by atoms with Crippen molar-refractivity contribution in [3.63, 3.8) is 0 Å². The minimum Gasteiger partial charge on any atom is -0.489 e. The highest BCUT2D eigenvalue weighted by Gasteiger charge is 2.24. The molecule has 2 aliphatic heterocycles. The molecule has 0 radical (unpaired) electrons. The van der Waals surface area contributed by atoms with Crippen molar-refractivity contribution in [3.8, 4) is 5.75 Å². The monoisotopic (exact) mass is 607 g/mol. The SMILES string of the molecule is CC/C(=C(/c1ccc(OC2CCN(CCCF)C2)cc1)c1ccc(NC2CCCCO2)c(C=N)c1)c1ccc(F)cc1Cl. The quantitative estimate of drug-likeness (QED) is 0.160. The Morgan fingerprint density at radius 1 is 1.09 bits per heavy atom. The van der Waals surface area contributed by atoms with E-state index in [1.807, 2.05) is 36.4 Å². The van der Waals surface area contributed by atoms with Gasteiger partial charge in [0.2, 0.25) is 0 Å². The van der Waals surface area contributed by atoms with Gasteiger partial charge in [-0.2, -0.15) is 0 Å². The molecule has 8 heteroatoms. The topological polar surface area (TPSA) is 57.6 Å². The van der Waals surface area contributed by atoms with Crippen molar-refractivity contribution in [2.45, 2.75) is 57.8 Å². The fourth-order valence-electron chi connectivity index (χ4n) is 6.02. The highest BCUT2D eigenvalue weighted by Crippen LogP contribution is 2.39. The standard InChI is InChI=1S/C35H40ClF2N3O2/c1-2-30(31-13-10-27(38)21-32(31)36)35(25-9-14-33(26(20-25)22-39)40-34-6-3-4-19-42-34)24-7-11-28(12-8-24)43-29-15-18-41(23-29)17-5-16-37/h7-14,20-22,29,34,39-40H,2-6,15-19,23H2,1H3/b35-30+,39-22?. The van der Waals surface area contributed by atoms with Gasteiger partial charge in [-0.25, -0.2) is 4.39 Å². The Hall–Kier alpha value is -3.26. The summed E-state index contributed by atoms with van der Waals surface area (Å²) < 4.78 is 38.8. The molecule has 5 nitrogen and oxygen atoms in total. The lowest BCUT2D eigenvalue weighted by molar-refractivity contribution is 0.0343. The Morgan fingerprint density at radius 2 is 1.91 bits per heavy atom. The lowest BCUT2D eigenvalue weighted by Crippen LogP contribution is -2.27. The number of halogens is 3. The van der Waals surface area contributed by atoms with E-state index >= 15 is 0 Å². The summed E-state index contributed by atoms with van der Waals surface area (Å²) in [5, 5.41) is 12.0. The molecule has 2 heterocycles. The van der Waals surface area contributed by atoms with Crippen molar-refractivity contribution in [2.75, 3.05) is 38.2 Å². The molecule has 0 spiro atoms. The molecule has 2 aliphatic rings. The Kier molecular flexibility index (Phi) is 10.8. The Bertz CT molecular complexity index is 1420. The average molecular weight is 608 g/mol. The highest BCUT2D eigenvalue weighted by molar-refractivity contribution is 6.32. The Morgan fingerprint density at radius 3 is 2.60 bits per heavy atom. The Labute approximate surface area is 258 Å². The molecule has 2 fully saturated rings. The normalized spacial score (nSPS) is 19.6. The van der Waals surface area contributed by atoms with Crippen molar-refractivity contribution in [2.24, 2.45) is 0 Å². The first-order valence-electron chi connectivity index (χ1n) is 15.3. The number of benzene rings is 3. The zero-order valence-corrected chi connectivity index (χ0v) is 25.4. The molecule has 43 heavy (non-hydrogen) atoms. The predicted octanol–water partition coefficient (Wildman–Crippen LogP) is 8.60. The number of likely N-dealkylation sites (tertiary alicyclic amines) is 1. The molecule has 2 saturated heterocycles. The first-order chi connectivity index (χ1) is 21.0. The van der Waals surface area contributed by atoms with Crippen LogP contribution in [0.1, 0.15) is 67.7 Å². The molecule has 0 amide bonds. The van der Waals surface area contributed by atoms with Crippen LogP contribution >= 0.6 is 11.6 Å². The van der Waals surface area contributed by atoms with Crippen LogP contribution in [0.2, 0.25) is 5.02 Å². The third kappa shape index (κ3) is 7.83. The molecule has 0 saturated carbocycles. The van der Waals surface area contributed by atoms with Crippen molar-refractivity contribution in [1.29, 1.82) is 5.41 Å². The third-order valence-electron chi connectivity index (χ3n) is 8.19. The molecule has 5 rings (SSSR count). The largest absolute Gasteiger partial charge is 0.489 e. The fraction of sp³-hybridized carbons (Fsp3) is 0.400. The van der Waals surface area contributed by atoms with Crippen molar-refractivity contribution >= 4 is 34.6 Å². The summed E-state index contributed by atoms with van der Waals surface area (Å²) in [4.78, 5) is 2.25. The average Bonchev–Trinajstić information content (AvgIpc) is 3.47. The second-order valence-corrected chi connectivity index (χ2v) is 11.6. The first-order valence-corrected chi connectivity index (χ1v) is 15.6. The van der Waals surface area contributed by atoms with E-state index in [1.54, 1.807) is 6.07 Å². The number of nitrogens with zero attached hydrogens (tertiary/aromatic N) is 1. The maximum absolute atomic E-state index is 14.0. The van der Waals surface area contributed by atoms with E-state index in [1.165, 1.54) is 18.3 Å². The van der Waals surface area contributed by atoms with Gasteiger partial charge in [-0.3, -0.25) is 9.29 Å². The van der Waals surface area contributed by atoms with Gasteiger partial charge in [0.1, 0.15) is 23.9 Å². The van der Waals surface area contributed by atoms with Gasteiger partial charge < -0.3 is 20.2 Å². The zero-order chi connectivity index (χ0) is 30.2. The molecule has 0 bridgehead atoms. The van der Waals surface area contributed by atoms with E-state index in [-0.39, 0.29) is 24.8 Å². The van der Waals surface area contributed by atoms with Crippen molar-refractivity contribution < 1.29 is 18.3 Å². The molecule has 0 aliphatic carbocycles. The van der Waals surface area contributed by atoms with Crippen LogP contribution in [-0.2, 0) is 4.74 Å². The molecule has 3 aromatic rings. The summed E-state index contributed by atoms with van der Waals surface area (Å²) >= 11 is 6.60. The van der Waals surface area contributed by atoms with Gasteiger partial charge in [-0.05, 0) is 103 Å². The summed E-state index contributed by atoms with van der Waals surface area (Å²) in [6.07, 6.45) is 6.60. The van der Waals surface area contributed by atoms with E-state index in [9.17, 15) is 8.78 Å². The van der Waals surface area contributed by atoms with Gasteiger partial charge in [0.05, 0.1) is 11.7 Å². The number of anilines is 1. The number of rotatable bonds is 12.